The summed E-state index contributed by atoms with van der Waals surface area (Å²) in [6, 6.07) is 8.24. The lowest BCUT2D eigenvalue weighted by Gasteiger charge is -2.22. The van der Waals surface area contributed by atoms with Crippen LogP contribution in [0.25, 0.3) is 27.8 Å². The number of nitrogens with zero attached hydrogens (tertiary/aromatic N) is 5. The molecule has 0 radical (unpaired) electrons. The molecule has 2 aromatic carbocycles. The highest BCUT2D eigenvalue weighted by Gasteiger charge is 2.23. The first kappa shape index (κ1) is 21.3. The van der Waals surface area contributed by atoms with Gasteiger partial charge in [0.05, 0.1) is 34.0 Å². The Balaban J connectivity index is 1.75. The van der Waals surface area contributed by atoms with E-state index in [0.717, 1.165) is 0 Å². The zero-order valence-electron chi connectivity index (χ0n) is 17.2. The molecule has 3 aromatic heterocycles. The third-order valence-electron chi connectivity index (χ3n) is 5.25. The monoisotopic (exact) mass is 483 g/mol. The quantitative estimate of drug-likeness (QED) is 0.362. The fourth-order valence-electron chi connectivity index (χ4n) is 3.69. The maximum absolute atomic E-state index is 14.0. The Labute approximate surface area is 196 Å². The number of hydrogen-bond donors (Lipinski definition) is 2. The van der Waals surface area contributed by atoms with E-state index in [-0.39, 0.29) is 10.4 Å². The molecule has 0 aliphatic carbocycles. The molecule has 11 heteroatoms. The maximum Gasteiger partial charge on any atom is 0.266 e. The summed E-state index contributed by atoms with van der Waals surface area (Å²) in [7, 11) is 0. The summed E-state index contributed by atoms with van der Waals surface area (Å²) in [6.45, 7) is 1.94. The van der Waals surface area contributed by atoms with Crippen molar-refractivity contribution in [3.8, 4) is 5.69 Å². The number of hydrogen-bond acceptors (Lipinski definition) is 6. The molecule has 5 rings (SSSR count). The number of fused-ring (bicyclic) bond motifs is 2. The van der Waals surface area contributed by atoms with Crippen LogP contribution in [0.1, 0.15) is 25.2 Å². The summed E-state index contributed by atoms with van der Waals surface area (Å²) in [6.07, 6.45) is 3.48. The van der Waals surface area contributed by atoms with Crippen molar-refractivity contribution in [2.45, 2.75) is 19.4 Å². The Morgan fingerprint density at radius 3 is 2.79 bits per heavy atom. The molecule has 0 spiro atoms. The Kier molecular flexibility index (Phi) is 5.43. The molecular weight excluding hydrogens is 468 g/mol. The number of benzene rings is 2. The fourth-order valence-corrected chi connectivity index (χ4v) is 4.18. The van der Waals surface area contributed by atoms with Crippen molar-refractivity contribution in [1.29, 1.82) is 0 Å². The molecule has 0 aliphatic rings. The molecular formula is C22H16Cl2FN7O. The number of aromatic nitrogens is 6. The van der Waals surface area contributed by atoms with E-state index in [4.69, 9.17) is 28.2 Å². The van der Waals surface area contributed by atoms with Crippen LogP contribution < -0.4 is 10.9 Å². The van der Waals surface area contributed by atoms with Gasteiger partial charge in [-0.3, -0.25) is 9.36 Å². The fraction of sp³-hybridized carbons (Fsp3) is 0.136. The predicted molar refractivity (Wildman–Crippen MR) is 126 cm³/mol. The van der Waals surface area contributed by atoms with Crippen LogP contribution in [0.4, 0.5) is 10.2 Å². The number of nitrogens with one attached hydrogen (secondary N) is 2. The second-order valence-corrected chi connectivity index (χ2v) is 8.14. The van der Waals surface area contributed by atoms with Crippen molar-refractivity contribution < 1.29 is 4.39 Å². The maximum atomic E-state index is 14.0. The summed E-state index contributed by atoms with van der Waals surface area (Å²) in [5.74, 6) is 0.332. The minimum absolute atomic E-state index is 0.136. The molecule has 2 N–H and O–H groups in total. The zero-order chi connectivity index (χ0) is 23.1. The van der Waals surface area contributed by atoms with Crippen LogP contribution in [0.15, 0.2) is 53.8 Å². The lowest BCUT2D eigenvalue weighted by Crippen LogP contribution is -2.28. The number of anilines is 1. The Morgan fingerprint density at radius 2 is 2.00 bits per heavy atom. The molecule has 5 aromatic rings. The molecule has 0 amide bonds. The average molecular weight is 484 g/mol. The van der Waals surface area contributed by atoms with Crippen molar-refractivity contribution in [3.05, 3.63) is 81.1 Å². The summed E-state index contributed by atoms with van der Waals surface area (Å²) >= 11 is 12.5. The second kappa shape index (κ2) is 8.42. The molecule has 0 fully saturated rings. The van der Waals surface area contributed by atoms with Crippen LogP contribution in [-0.2, 0) is 0 Å². The lowest BCUT2D eigenvalue weighted by atomic mass is 10.1. The van der Waals surface area contributed by atoms with E-state index in [1.807, 2.05) is 6.92 Å². The first-order valence-corrected chi connectivity index (χ1v) is 10.8. The number of halogens is 3. The molecule has 1 unspecified atom stereocenters. The first-order chi connectivity index (χ1) is 16.0. The van der Waals surface area contributed by atoms with Gasteiger partial charge in [-0.25, -0.2) is 24.3 Å². The van der Waals surface area contributed by atoms with Crippen molar-refractivity contribution in [3.63, 3.8) is 0 Å². The third kappa shape index (κ3) is 3.79. The van der Waals surface area contributed by atoms with Gasteiger partial charge in [0.15, 0.2) is 11.5 Å². The standard InChI is InChI=1S/C22H16Cl2FN7O/c1-2-15(30-20-18-19(27-9-26-18)28-10-29-20)21-31-16-5-4-12(25)8-13(16)22(33)32(21)17-6-3-11(23)7-14(17)24/h3-10,15H,2H2,1H3,(H2,26,27,28,29,30). The van der Waals surface area contributed by atoms with Crippen LogP contribution in [0.3, 0.4) is 0 Å². The predicted octanol–water partition coefficient (Wildman–Crippen LogP) is 5.06. The zero-order valence-corrected chi connectivity index (χ0v) is 18.7. The molecule has 166 valence electrons. The van der Waals surface area contributed by atoms with Crippen LogP contribution in [0.5, 0.6) is 0 Å². The van der Waals surface area contributed by atoms with Crippen LogP contribution in [0, 0.1) is 5.82 Å². The number of H-pyrrole nitrogens is 1. The summed E-state index contributed by atoms with van der Waals surface area (Å²) in [4.78, 5) is 34.0. The van der Waals surface area contributed by atoms with E-state index in [1.54, 1.807) is 12.1 Å². The van der Waals surface area contributed by atoms with Gasteiger partial charge in [-0.1, -0.05) is 30.1 Å². The van der Waals surface area contributed by atoms with E-state index in [0.29, 0.717) is 45.5 Å². The van der Waals surface area contributed by atoms with E-state index >= 15 is 0 Å². The molecule has 0 aliphatic heterocycles. The Bertz CT molecular complexity index is 1570. The van der Waals surface area contributed by atoms with Crippen molar-refractivity contribution in [2.75, 3.05) is 5.32 Å². The van der Waals surface area contributed by atoms with E-state index in [2.05, 4.69) is 25.3 Å². The van der Waals surface area contributed by atoms with Crippen LogP contribution in [0.2, 0.25) is 10.0 Å². The molecule has 33 heavy (non-hydrogen) atoms. The molecule has 0 saturated carbocycles. The van der Waals surface area contributed by atoms with E-state index < -0.39 is 17.4 Å². The number of imidazole rings is 1. The number of rotatable bonds is 5. The van der Waals surface area contributed by atoms with Gasteiger partial charge >= 0.3 is 0 Å². The summed E-state index contributed by atoms with van der Waals surface area (Å²) in [5.41, 5.74) is 1.42. The Hall–Kier alpha value is -3.56. The third-order valence-corrected chi connectivity index (χ3v) is 5.79. The van der Waals surface area contributed by atoms with Gasteiger partial charge in [-0.15, -0.1) is 0 Å². The molecule has 3 heterocycles. The average Bonchev–Trinajstić information content (AvgIpc) is 3.28. The van der Waals surface area contributed by atoms with Crippen molar-refractivity contribution in [1.82, 2.24) is 29.5 Å². The highest BCUT2D eigenvalue weighted by atomic mass is 35.5. The summed E-state index contributed by atoms with van der Waals surface area (Å²) < 4.78 is 15.3. The van der Waals surface area contributed by atoms with Crippen molar-refractivity contribution in [2.24, 2.45) is 0 Å². The SMILES string of the molecule is CCC(Nc1ncnc2[nH]cnc12)c1nc2ccc(F)cc2c(=O)n1-c1ccc(Cl)cc1Cl. The van der Waals surface area contributed by atoms with Crippen LogP contribution >= 0.6 is 23.2 Å². The Morgan fingerprint density at radius 1 is 1.15 bits per heavy atom. The lowest BCUT2D eigenvalue weighted by molar-refractivity contribution is 0.628. The van der Waals surface area contributed by atoms with Crippen molar-refractivity contribution >= 4 is 51.1 Å². The molecule has 0 bridgehead atoms. The first-order valence-electron chi connectivity index (χ1n) is 10.0. The van der Waals surface area contributed by atoms with Gasteiger partial charge in [-0.2, -0.15) is 0 Å². The highest BCUT2D eigenvalue weighted by Crippen LogP contribution is 2.29. The van der Waals surface area contributed by atoms with Gasteiger partial charge in [0.1, 0.15) is 23.5 Å². The minimum Gasteiger partial charge on any atom is -0.358 e. The normalized spacial score (nSPS) is 12.4. The smallest absolute Gasteiger partial charge is 0.266 e. The van der Waals surface area contributed by atoms with E-state index in [1.165, 1.54) is 41.5 Å². The largest absolute Gasteiger partial charge is 0.358 e. The van der Waals surface area contributed by atoms with Gasteiger partial charge in [0.2, 0.25) is 0 Å². The highest BCUT2D eigenvalue weighted by molar-refractivity contribution is 6.35. The van der Waals surface area contributed by atoms with Gasteiger partial charge in [-0.05, 0) is 42.8 Å². The molecule has 0 saturated heterocycles. The van der Waals surface area contributed by atoms with Crippen LogP contribution in [-0.4, -0.2) is 29.5 Å². The molecule has 8 nitrogen and oxygen atoms in total. The second-order valence-electron chi connectivity index (χ2n) is 7.29. The van der Waals surface area contributed by atoms with Gasteiger partial charge in [0, 0.05) is 5.02 Å². The van der Waals surface area contributed by atoms with E-state index in [9.17, 15) is 9.18 Å². The van der Waals surface area contributed by atoms with Gasteiger partial charge < -0.3 is 10.3 Å². The minimum atomic E-state index is -0.532. The summed E-state index contributed by atoms with van der Waals surface area (Å²) in [5, 5.41) is 4.14. The van der Waals surface area contributed by atoms with Gasteiger partial charge in [0.25, 0.3) is 5.56 Å². The molecule has 1 atom stereocenters. The topological polar surface area (TPSA) is 101 Å². The number of aromatic amines is 1.